The molecule has 1 aliphatic heterocycles. The van der Waals surface area contributed by atoms with E-state index < -0.39 is 0 Å². The molecule has 18 heavy (non-hydrogen) atoms. The molecule has 3 rings (SSSR count). The average molecular weight is 306 g/mol. The van der Waals surface area contributed by atoms with E-state index >= 15 is 0 Å². The molecule has 0 amide bonds. The molecule has 0 aliphatic carbocycles. The van der Waals surface area contributed by atoms with Gasteiger partial charge in [-0.1, -0.05) is 28.1 Å². The van der Waals surface area contributed by atoms with Gasteiger partial charge < -0.3 is 5.32 Å². The third-order valence-corrected chi connectivity index (χ3v) is 4.05. The van der Waals surface area contributed by atoms with Crippen LogP contribution in [0.15, 0.2) is 28.7 Å². The number of rotatable bonds is 2. The number of halogens is 1. The molecule has 0 bridgehead atoms. The van der Waals surface area contributed by atoms with E-state index in [0.29, 0.717) is 6.04 Å². The fourth-order valence-corrected chi connectivity index (χ4v) is 3.00. The zero-order valence-electron chi connectivity index (χ0n) is 10.3. The van der Waals surface area contributed by atoms with E-state index in [4.69, 9.17) is 0 Å². The van der Waals surface area contributed by atoms with Crippen molar-refractivity contribution in [1.82, 2.24) is 15.5 Å². The van der Waals surface area contributed by atoms with Crippen LogP contribution in [0.3, 0.4) is 0 Å². The molecule has 1 atom stereocenters. The topological polar surface area (TPSA) is 40.7 Å². The Kier molecular flexibility index (Phi) is 3.22. The average Bonchev–Trinajstić information content (AvgIpc) is 2.97. The molecular formula is C14H16BrN3. The lowest BCUT2D eigenvalue weighted by atomic mass is 10.0. The van der Waals surface area contributed by atoms with Crippen LogP contribution in [0.4, 0.5) is 0 Å². The van der Waals surface area contributed by atoms with Crippen LogP contribution >= 0.6 is 15.9 Å². The molecule has 1 aromatic carbocycles. The van der Waals surface area contributed by atoms with Crippen LogP contribution in [0.5, 0.6) is 0 Å². The van der Waals surface area contributed by atoms with E-state index in [0.717, 1.165) is 22.3 Å². The first-order valence-corrected chi connectivity index (χ1v) is 7.09. The van der Waals surface area contributed by atoms with Crippen LogP contribution in [0.2, 0.25) is 0 Å². The number of H-pyrrole nitrogens is 1. The van der Waals surface area contributed by atoms with Crippen molar-refractivity contribution in [1.29, 1.82) is 0 Å². The summed E-state index contributed by atoms with van der Waals surface area (Å²) in [6.07, 6.45) is 2.44. The van der Waals surface area contributed by atoms with Crippen LogP contribution in [-0.2, 0) is 0 Å². The van der Waals surface area contributed by atoms with Gasteiger partial charge in [-0.05, 0) is 44.0 Å². The molecule has 1 aromatic heterocycles. The molecule has 2 heterocycles. The van der Waals surface area contributed by atoms with Gasteiger partial charge in [-0.15, -0.1) is 0 Å². The Bertz CT molecular complexity index is 556. The first-order chi connectivity index (χ1) is 8.75. The quantitative estimate of drug-likeness (QED) is 0.890. The summed E-state index contributed by atoms with van der Waals surface area (Å²) in [6.45, 7) is 3.25. The predicted molar refractivity (Wildman–Crippen MR) is 76.4 cm³/mol. The smallest absolute Gasteiger partial charge is 0.0953 e. The maximum absolute atomic E-state index is 4.49. The normalized spacial score (nSPS) is 19.3. The van der Waals surface area contributed by atoms with Crippen molar-refractivity contribution in [2.45, 2.75) is 25.8 Å². The molecule has 2 N–H and O–H groups in total. The van der Waals surface area contributed by atoms with Crippen molar-refractivity contribution >= 4 is 15.9 Å². The zero-order valence-corrected chi connectivity index (χ0v) is 11.9. The van der Waals surface area contributed by atoms with E-state index in [-0.39, 0.29) is 0 Å². The number of benzene rings is 1. The third kappa shape index (κ3) is 2.10. The first kappa shape index (κ1) is 11.9. The summed E-state index contributed by atoms with van der Waals surface area (Å²) in [5.41, 5.74) is 4.71. The summed E-state index contributed by atoms with van der Waals surface area (Å²) < 4.78 is 1.09. The maximum Gasteiger partial charge on any atom is 0.0953 e. The number of nitrogens with zero attached hydrogens (tertiary/aromatic N) is 1. The molecular weight excluding hydrogens is 290 g/mol. The van der Waals surface area contributed by atoms with Gasteiger partial charge in [0.25, 0.3) is 0 Å². The van der Waals surface area contributed by atoms with E-state index in [1.165, 1.54) is 24.1 Å². The van der Waals surface area contributed by atoms with Gasteiger partial charge in [0, 0.05) is 16.1 Å². The van der Waals surface area contributed by atoms with Crippen molar-refractivity contribution in [3.05, 3.63) is 40.0 Å². The van der Waals surface area contributed by atoms with Crippen LogP contribution in [-0.4, -0.2) is 16.7 Å². The van der Waals surface area contributed by atoms with Crippen LogP contribution in [0.25, 0.3) is 11.3 Å². The second-order valence-electron chi connectivity index (χ2n) is 4.77. The second kappa shape index (κ2) is 4.86. The van der Waals surface area contributed by atoms with Crippen molar-refractivity contribution in [2.75, 3.05) is 6.54 Å². The number of aromatic amines is 1. The van der Waals surface area contributed by atoms with Crippen molar-refractivity contribution < 1.29 is 0 Å². The van der Waals surface area contributed by atoms with Crippen molar-refractivity contribution in [3.8, 4) is 11.3 Å². The molecule has 1 aliphatic rings. The van der Waals surface area contributed by atoms with Crippen molar-refractivity contribution in [3.63, 3.8) is 0 Å². The van der Waals surface area contributed by atoms with Crippen LogP contribution in [0, 0.1) is 6.92 Å². The SMILES string of the molecule is Cc1c(-c2cccc(Br)c2)n[nH]c1C1CCCN1. The van der Waals surface area contributed by atoms with Gasteiger partial charge in [-0.2, -0.15) is 5.10 Å². The highest BCUT2D eigenvalue weighted by Crippen LogP contribution is 2.30. The third-order valence-electron chi connectivity index (χ3n) is 3.55. The maximum atomic E-state index is 4.49. The first-order valence-electron chi connectivity index (χ1n) is 6.30. The Morgan fingerprint density at radius 1 is 1.39 bits per heavy atom. The van der Waals surface area contributed by atoms with Gasteiger partial charge >= 0.3 is 0 Å². The molecule has 1 saturated heterocycles. The second-order valence-corrected chi connectivity index (χ2v) is 5.69. The molecule has 4 heteroatoms. The monoisotopic (exact) mass is 305 g/mol. The van der Waals surface area contributed by atoms with Gasteiger partial charge in [-0.3, -0.25) is 5.10 Å². The largest absolute Gasteiger partial charge is 0.309 e. The van der Waals surface area contributed by atoms with Gasteiger partial charge in [0.2, 0.25) is 0 Å². The lowest BCUT2D eigenvalue weighted by Crippen LogP contribution is -2.14. The minimum atomic E-state index is 0.443. The molecule has 3 nitrogen and oxygen atoms in total. The fraction of sp³-hybridized carbons (Fsp3) is 0.357. The molecule has 0 radical (unpaired) electrons. The standard InChI is InChI=1S/C14H16BrN3/c1-9-13(10-4-2-5-11(15)8-10)17-18-14(9)12-6-3-7-16-12/h2,4-5,8,12,16H,3,6-7H2,1H3,(H,17,18). The lowest BCUT2D eigenvalue weighted by molar-refractivity contribution is 0.622. The zero-order chi connectivity index (χ0) is 12.5. The Labute approximate surface area is 115 Å². The highest BCUT2D eigenvalue weighted by molar-refractivity contribution is 9.10. The minimum Gasteiger partial charge on any atom is -0.309 e. The fourth-order valence-electron chi connectivity index (χ4n) is 2.60. The Balaban J connectivity index is 1.98. The van der Waals surface area contributed by atoms with E-state index in [1.807, 2.05) is 12.1 Å². The molecule has 94 valence electrons. The summed E-state index contributed by atoms with van der Waals surface area (Å²) in [5.74, 6) is 0. The van der Waals surface area contributed by atoms with Gasteiger partial charge in [0.1, 0.15) is 0 Å². The number of hydrogen-bond acceptors (Lipinski definition) is 2. The Morgan fingerprint density at radius 2 is 2.28 bits per heavy atom. The van der Waals surface area contributed by atoms with E-state index in [1.54, 1.807) is 0 Å². The molecule has 0 saturated carbocycles. The summed E-state index contributed by atoms with van der Waals surface area (Å²) in [5, 5.41) is 11.2. The van der Waals surface area contributed by atoms with Crippen molar-refractivity contribution in [2.24, 2.45) is 0 Å². The molecule has 1 unspecified atom stereocenters. The summed E-state index contributed by atoms with van der Waals surface area (Å²) in [7, 11) is 0. The van der Waals surface area contributed by atoms with Gasteiger partial charge in [0.05, 0.1) is 11.4 Å². The predicted octanol–water partition coefficient (Wildman–Crippen LogP) is 3.57. The highest BCUT2D eigenvalue weighted by Gasteiger charge is 2.22. The van der Waals surface area contributed by atoms with Gasteiger partial charge in [-0.25, -0.2) is 0 Å². The summed E-state index contributed by atoms with van der Waals surface area (Å²) >= 11 is 3.51. The summed E-state index contributed by atoms with van der Waals surface area (Å²) in [4.78, 5) is 0. The van der Waals surface area contributed by atoms with E-state index in [9.17, 15) is 0 Å². The highest BCUT2D eigenvalue weighted by atomic mass is 79.9. The van der Waals surface area contributed by atoms with Crippen LogP contribution in [0.1, 0.15) is 30.1 Å². The number of hydrogen-bond donors (Lipinski definition) is 2. The Morgan fingerprint density at radius 3 is 3.00 bits per heavy atom. The van der Waals surface area contributed by atoms with E-state index in [2.05, 4.69) is 50.5 Å². The Hall–Kier alpha value is -1.13. The molecule has 0 spiro atoms. The van der Waals surface area contributed by atoms with Crippen LogP contribution < -0.4 is 5.32 Å². The number of aromatic nitrogens is 2. The molecule has 1 fully saturated rings. The lowest BCUT2D eigenvalue weighted by Gasteiger charge is -2.08. The number of nitrogens with one attached hydrogen (secondary N) is 2. The summed E-state index contributed by atoms with van der Waals surface area (Å²) in [6, 6.07) is 8.72. The van der Waals surface area contributed by atoms with Gasteiger partial charge in [0.15, 0.2) is 0 Å². The minimum absolute atomic E-state index is 0.443. The molecule has 2 aromatic rings.